The van der Waals surface area contributed by atoms with Gasteiger partial charge < -0.3 is 10.0 Å². The van der Waals surface area contributed by atoms with E-state index >= 15 is 0 Å². The molecule has 1 heterocycles. The average Bonchev–Trinajstić information content (AvgIpc) is 2.46. The number of nitro groups is 1. The predicted octanol–water partition coefficient (Wildman–Crippen LogP) is 1.96. The van der Waals surface area contributed by atoms with Crippen LogP contribution in [-0.2, 0) is 0 Å². The van der Waals surface area contributed by atoms with Gasteiger partial charge in [0.2, 0.25) is 0 Å². The van der Waals surface area contributed by atoms with Gasteiger partial charge in [-0.3, -0.25) is 10.1 Å². The molecule has 0 radical (unpaired) electrons. The molecule has 0 saturated carbocycles. The number of hydrogen-bond donors (Lipinski definition) is 1. The van der Waals surface area contributed by atoms with Crippen molar-refractivity contribution in [3.63, 3.8) is 0 Å². The number of hydrogen-bond acceptors (Lipinski definition) is 5. The van der Waals surface area contributed by atoms with E-state index in [1.165, 1.54) is 6.07 Å². The van der Waals surface area contributed by atoms with Crippen LogP contribution in [0.5, 0.6) is 0 Å². The normalized spacial score (nSPS) is 18.6. The lowest BCUT2D eigenvalue weighted by atomic mass is 10.0. The van der Waals surface area contributed by atoms with Crippen LogP contribution in [0.1, 0.15) is 24.8 Å². The van der Waals surface area contributed by atoms with Crippen molar-refractivity contribution in [3.05, 3.63) is 33.6 Å². The summed E-state index contributed by atoms with van der Waals surface area (Å²) in [7, 11) is 0. The lowest BCUT2D eigenvalue weighted by Gasteiger charge is -2.36. The largest absolute Gasteiger partial charge is 0.394 e. The third-order valence-corrected chi connectivity index (χ3v) is 3.56. The minimum absolute atomic E-state index is 0.113. The molecule has 1 saturated heterocycles. The van der Waals surface area contributed by atoms with Gasteiger partial charge in [-0.15, -0.1) is 0 Å². The molecular weight excluding hydrogens is 265 g/mol. The maximum atomic E-state index is 14.3. The number of nitriles is 1. The summed E-state index contributed by atoms with van der Waals surface area (Å²) in [5.74, 6) is -0.887. The Morgan fingerprint density at radius 2 is 2.30 bits per heavy atom. The van der Waals surface area contributed by atoms with Gasteiger partial charge in [-0.05, 0) is 25.3 Å². The molecule has 1 fully saturated rings. The number of aliphatic hydroxyl groups is 1. The molecule has 0 spiro atoms. The van der Waals surface area contributed by atoms with Gasteiger partial charge in [-0.25, -0.2) is 4.39 Å². The number of aliphatic hydroxyl groups excluding tert-OH is 1. The minimum Gasteiger partial charge on any atom is -0.394 e. The molecule has 0 aromatic heterocycles. The second kappa shape index (κ2) is 5.84. The number of nitro benzene ring substituents is 1. The SMILES string of the molecule is N#Cc1c([N+](=O)[O-])ccc(N2CCCC[C@@H]2CO)c1F. The fraction of sp³-hybridized carbons (Fsp3) is 0.462. The van der Waals surface area contributed by atoms with E-state index in [9.17, 15) is 19.6 Å². The first-order valence-electron chi connectivity index (χ1n) is 6.34. The highest BCUT2D eigenvalue weighted by Gasteiger charge is 2.28. The lowest BCUT2D eigenvalue weighted by molar-refractivity contribution is -0.385. The maximum Gasteiger partial charge on any atom is 0.290 e. The molecule has 7 heteroatoms. The topological polar surface area (TPSA) is 90.4 Å². The van der Waals surface area contributed by atoms with Crippen LogP contribution in [0.3, 0.4) is 0 Å². The van der Waals surface area contributed by atoms with Gasteiger partial charge in [0.15, 0.2) is 11.4 Å². The van der Waals surface area contributed by atoms with Crippen LogP contribution in [0.15, 0.2) is 12.1 Å². The predicted molar refractivity (Wildman–Crippen MR) is 69.8 cm³/mol. The minimum atomic E-state index is -0.887. The summed E-state index contributed by atoms with van der Waals surface area (Å²) in [6.45, 7) is 0.448. The van der Waals surface area contributed by atoms with Crippen molar-refractivity contribution >= 4 is 11.4 Å². The Kier molecular flexibility index (Phi) is 4.15. The smallest absolute Gasteiger partial charge is 0.290 e. The molecule has 0 aliphatic carbocycles. The highest BCUT2D eigenvalue weighted by atomic mass is 19.1. The average molecular weight is 279 g/mol. The van der Waals surface area contributed by atoms with Gasteiger partial charge in [0, 0.05) is 12.6 Å². The Hall–Kier alpha value is -2.20. The summed E-state index contributed by atoms with van der Waals surface area (Å²) in [6.07, 6.45) is 2.53. The Bertz CT molecular complexity index is 571. The van der Waals surface area contributed by atoms with Crippen molar-refractivity contribution in [2.24, 2.45) is 0 Å². The number of anilines is 1. The summed E-state index contributed by atoms with van der Waals surface area (Å²) in [5, 5.41) is 29.1. The Morgan fingerprint density at radius 1 is 1.55 bits per heavy atom. The van der Waals surface area contributed by atoms with E-state index in [1.807, 2.05) is 0 Å². The van der Waals surface area contributed by atoms with E-state index in [2.05, 4.69) is 0 Å². The van der Waals surface area contributed by atoms with E-state index in [0.717, 1.165) is 25.3 Å². The van der Waals surface area contributed by atoms with Gasteiger partial charge in [0.05, 0.1) is 23.3 Å². The molecule has 106 valence electrons. The molecule has 2 rings (SSSR count). The zero-order chi connectivity index (χ0) is 14.7. The Morgan fingerprint density at radius 3 is 2.90 bits per heavy atom. The van der Waals surface area contributed by atoms with Crippen LogP contribution in [-0.4, -0.2) is 29.2 Å². The number of nitrogens with zero attached hydrogens (tertiary/aromatic N) is 3. The molecule has 1 atom stereocenters. The molecule has 0 bridgehead atoms. The highest BCUT2D eigenvalue weighted by Crippen LogP contribution is 2.32. The fourth-order valence-corrected chi connectivity index (χ4v) is 2.54. The van der Waals surface area contributed by atoms with Crippen molar-refractivity contribution < 1.29 is 14.4 Å². The molecule has 1 aliphatic heterocycles. The van der Waals surface area contributed by atoms with Crippen LogP contribution in [0, 0.1) is 27.3 Å². The van der Waals surface area contributed by atoms with Gasteiger partial charge >= 0.3 is 0 Å². The fourth-order valence-electron chi connectivity index (χ4n) is 2.54. The summed E-state index contributed by atoms with van der Waals surface area (Å²) >= 11 is 0. The quantitative estimate of drug-likeness (QED) is 0.674. The summed E-state index contributed by atoms with van der Waals surface area (Å²) in [4.78, 5) is 11.7. The van der Waals surface area contributed by atoms with Gasteiger partial charge in [0.1, 0.15) is 6.07 Å². The standard InChI is InChI=1S/C13H14FN3O3/c14-13-10(7-15)11(17(19)20)4-5-12(13)16-6-2-1-3-9(16)8-18/h4-5,9,18H,1-3,6,8H2/t9-/m1/s1. The third-order valence-electron chi connectivity index (χ3n) is 3.56. The van der Waals surface area contributed by atoms with Gasteiger partial charge in [-0.1, -0.05) is 0 Å². The highest BCUT2D eigenvalue weighted by molar-refractivity contribution is 5.62. The van der Waals surface area contributed by atoms with E-state index in [4.69, 9.17) is 5.26 Å². The van der Waals surface area contributed by atoms with Crippen molar-refractivity contribution in [2.45, 2.75) is 25.3 Å². The monoisotopic (exact) mass is 279 g/mol. The number of rotatable bonds is 3. The zero-order valence-electron chi connectivity index (χ0n) is 10.8. The summed E-state index contributed by atoms with van der Waals surface area (Å²) in [5.41, 5.74) is -0.952. The van der Waals surface area contributed by atoms with E-state index in [1.54, 1.807) is 11.0 Å². The third kappa shape index (κ3) is 2.42. The second-order valence-electron chi connectivity index (χ2n) is 4.69. The summed E-state index contributed by atoms with van der Waals surface area (Å²) in [6, 6.07) is 3.78. The van der Waals surface area contributed by atoms with Crippen LogP contribution in [0.25, 0.3) is 0 Å². The molecule has 0 unspecified atom stereocenters. The first kappa shape index (κ1) is 14.2. The Balaban J connectivity index is 2.47. The van der Waals surface area contributed by atoms with Crippen molar-refractivity contribution in [3.8, 4) is 6.07 Å². The van der Waals surface area contributed by atoms with Crippen molar-refractivity contribution in [1.29, 1.82) is 5.26 Å². The number of halogens is 1. The molecule has 1 N–H and O–H groups in total. The first-order valence-corrected chi connectivity index (χ1v) is 6.34. The van der Waals surface area contributed by atoms with Crippen LogP contribution < -0.4 is 4.90 Å². The van der Waals surface area contributed by atoms with E-state index < -0.39 is 22.0 Å². The molecular formula is C13H14FN3O3. The first-order chi connectivity index (χ1) is 9.60. The van der Waals surface area contributed by atoms with Gasteiger partial charge in [-0.2, -0.15) is 5.26 Å². The molecule has 20 heavy (non-hydrogen) atoms. The number of benzene rings is 1. The Labute approximate surface area is 115 Å². The zero-order valence-corrected chi connectivity index (χ0v) is 10.8. The van der Waals surface area contributed by atoms with Crippen molar-refractivity contribution in [2.75, 3.05) is 18.1 Å². The lowest BCUT2D eigenvalue weighted by Crippen LogP contribution is -2.42. The van der Waals surface area contributed by atoms with E-state index in [0.29, 0.717) is 6.54 Å². The molecule has 1 aromatic carbocycles. The van der Waals surface area contributed by atoms with Crippen LogP contribution in [0.4, 0.5) is 15.8 Å². The number of piperidine rings is 1. The second-order valence-corrected chi connectivity index (χ2v) is 4.69. The molecule has 6 nitrogen and oxygen atoms in total. The molecule has 1 aromatic rings. The molecule has 1 aliphatic rings. The van der Waals surface area contributed by atoms with Gasteiger partial charge in [0.25, 0.3) is 5.69 Å². The van der Waals surface area contributed by atoms with Crippen LogP contribution >= 0.6 is 0 Å². The van der Waals surface area contributed by atoms with E-state index in [-0.39, 0.29) is 18.3 Å². The summed E-state index contributed by atoms with van der Waals surface area (Å²) < 4.78 is 14.3. The van der Waals surface area contributed by atoms with Crippen LogP contribution in [0.2, 0.25) is 0 Å². The molecule has 0 amide bonds. The maximum absolute atomic E-state index is 14.3. The van der Waals surface area contributed by atoms with Crippen molar-refractivity contribution in [1.82, 2.24) is 0 Å².